The average Bonchev–Trinajstić information content (AvgIpc) is 3.63. The van der Waals surface area contributed by atoms with Crippen LogP contribution in [0.4, 0.5) is 5.69 Å². The SMILES string of the molecule is CCN1CC2(COC(=O)c3ccccc3N3C(=O)C[C@H](C)C3=O)CC[C@H](OC)C34C1C(O)([C@@H](OC)[C@H]23)[C@@]1(O)C[C@H](OC)C2C[C@H]4[C@@H]1[C@H]2OC. The fourth-order valence-corrected chi connectivity index (χ4v) is 13.2. The molecule has 2 aliphatic heterocycles. The van der Waals surface area contributed by atoms with Crippen molar-refractivity contribution in [3.05, 3.63) is 29.8 Å². The number of methoxy groups -OCH3 is 4. The van der Waals surface area contributed by atoms with Crippen LogP contribution in [-0.2, 0) is 33.3 Å². The van der Waals surface area contributed by atoms with Crippen molar-refractivity contribution in [3.8, 4) is 0 Å². The smallest absolute Gasteiger partial charge is 0.340 e. The molecule has 7 aliphatic rings. The number of rotatable bonds is 9. The lowest BCUT2D eigenvalue weighted by atomic mass is 9.42. The number of ether oxygens (including phenoxy) is 5. The van der Waals surface area contributed by atoms with Gasteiger partial charge in [-0.3, -0.25) is 14.5 Å². The molecule has 12 heteroatoms. The molecule has 0 aromatic heterocycles. The molecule has 1 aromatic rings. The lowest BCUT2D eigenvalue weighted by Crippen LogP contribution is -2.82. The van der Waals surface area contributed by atoms with Crippen LogP contribution in [0.25, 0.3) is 0 Å². The van der Waals surface area contributed by atoms with Gasteiger partial charge in [-0.1, -0.05) is 26.0 Å². The van der Waals surface area contributed by atoms with Crippen molar-refractivity contribution in [1.82, 2.24) is 4.90 Å². The van der Waals surface area contributed by atoms with Gasteiger partial charge in [0.1, 0.15) is 11.2 Å². The van der Waals surface area contributed by atoms with Crippen molar-refractivity contribution >= 4 is 23.5 Å². The number of piperidine rings is 1. The Balaban J connectivity index is 1.23. The minimum atomic E-state index is -1.70. The predicted molar refractivity (Wildman–Crippen MR) is 174 cm³/mol. The molecule has 49 heavy (non-hydrogen) atoms. The fraction of sp³-hybridized carbons (Fsp3) is 0.757. The quantitative estimate of drug-likeness (QED) is 0.292. The second kappa shape index (κ2) is 11.3. The largest absolute Gasteiger partial charge is 0.461 e. The summed E-state index contributed by atoms with van der Waals surface area (Å²) in [7, 11) is 6.70. The van der Waals surface area contributed by atoms with Crippen LogP contribution in [0.15, 0.2) is 24.3 Å². The van der Waals surface area contributed by atoms with Crippen LogP contribution >= 0.6 is 0 Å². The highest BCUT2D eigenvalue weighted by Crippen LogP contribution is 2.80. The van der Waals surface area contributed by atoms with Gasteiger partial charge in [0, 0.05) is 82.3 Å². The molecular formula is C37H50N2O10. The highest BCUT2D eigenvalue weighted by atomic mass is 16.5. The topological polar surface area (TPSA) is 144 Å². The number of benzene rings is 1. The number of carbonyl (C=O) groups is 3. The van der Waals surface area contributed by atoms with Crippen LogP contribution in [0.2, 0.25) is 0 Å². The second-order valence-electron chi connectivity index (χ2n) is 16.0. The van der Waals surface area contributed by atoms with Crippen molar-refractivity contribution in [2.24, 2.45) is 40.4 Å². The first-order chi connectivity index (χ1) is 23.4. The normalized spacial score (nSPS) is 48.0. The maximum Gasteiger partial charge on any atom is 0.340 e. The summed E-state index contributed by atoms with van der Waals surface area (Å²) in [5.74, 6) is -2.47. The number of carbonyl (C=O) groups excluding carboxylic acids is 3. The van der Waals surface area contributed by atoms with E-state index in [9.17, 15) is 24.6 Å². The Kier molecular flexibility index (Phi) is 7.75. The number of hydrogen-bond acceptors (Lipinski definition) is 11. The molecule has 0 radical (unpaired) electrons. The van der Waals surface area contributed by atoms with E-state index >= 15 is 0 Å². The van der Waals surface area contributed by atoms with Crippen molar-refractivity contribution in [2.75, 3.05) is 53.0 Å². The van der Waals surface area contributed by atoms with Crippen molar-refractivity contribution in [2.45, 2.75) is 87.6 Å². The van der Waals surface area contributed by atoms with Gasteiger partial charge in [-0.05, 0) is 43.9 Å². The highest BCUT2D eigenvalue weighted by molar-refractivity contribution is 6.22. The van der Waals surface area contributed by atoms with E-state index in [1.54, 1.807) is 59.6 Å². The molecule has 2 saturated heterocycles. The van der Waals surface area contributed by atoms with E-state index in [4.69, 9.17) is 23.7 Å². The maximum atomic E-state index is 14.1. The van der Waals surface area contributed by atoms with Gasteiger partial charge in [0.25, 0.3) is 0 Å². The van der Waals surface area contributed by atoms with Gasteiger partial charge in [-0.25, -0.2) is 9.69 Å². The molecule has 7 bridgehead atoms. The Morgan fingerprint density at radius 1 is 1.04 bits per heavy atom. The molecule has 8 rings (SSSR count). The summed E-state index contributed by atoms with van der Waals surface area (Å²) in [6, 6.07) is 6.12. The van der Waals surface area contributed by atoms with Crippen LogP contribution < -0.4 is 4.90 Å². The van der Waals surface area contributed by atoms with Crippen LogP contribution in [0.5, 0.6) is 0 Å². The molecule has 5 unspecified atom stereocenters. The molecule has 268 valence electrons. The summed E-state index contributed by atoms with van der Waals surface area (Å²) in [6.07, 6.45) is 0.813. The summed E-state index contributed by atoms with van der Waals surface area (Å²) >= 11 is 0. The average molecular weight is 683 g/mol. The summed E-state index contributed by atoms with van der Waals surface area (Å²) in [5, 5.41) is 26.6. The molecule has 2 heterocycles. The lowest BCUT2D eigenvalue weighted by molar-refractivity contribution is -0.320. The molecule has 5 aliphatic carbocycles. The molecule has 7 fully saturated rings. The summed E-state index contributed by atoms with van der Waals surface area (Å²) in [5.41, 5.74) is -4.17. The standard InChI is InChI=1S/C37H50N2O10/c1-7-38-17-34(18-49-32(42)20-10-8-9-11-23(20)39-26(40)14-19(2)31(39)41)13-12-25(46-4)36-22-15-21-24(45-3)16-35(43,27(22)28(21)47-5)37(44,33(36)38)30(48-6)29(34)36/h8-11,19,21-22,24-25,27-30,33,43-44H,7,12-18H2,1-6H3/t19-,21?,22-,24-,25-,27+,28-,29+,30-,33?,34?,35+,36?,37?/m0/s1. The third kappa shape index (κ3) is 3.86. The third-order valence-electron chi connectivity index (χ3n) is 14.5. The molecule has 1 aromatic carbocycles. The first kappa shape index (κ1) is 33.7. The Labute approximate surface area is 287 Å². The Bertz CT molecular complexity index is 1560. The van der Waals surface area contributed by atoms with Gasteiger partial charge in [0.05, 0.1) is 48.3 Å². The second-order valence-corrected chi connectivity index (χ2v) is 16.0. The monoisotopic (exact) mass is 682 g/mol. The van der Waals surface area contributed by atoms with Gasteiger partial charge in [-0.2, -0.15) is 0 Å². The van der Waals surface area contributed by atoms with Gasteiger partial charge in [0.15, 0.2) is 0 Å². The summed E-state index contributed by atoms with van der Waals surface area (Å²) in [6.45, 7) is 4.95. The number of likely N-dealkylation sites (tertiary alicyclic amines) is 1. The number of imide groups is 1. The Morgan fingerprint density at radius 3 is 2.43 bits per heavy atom. The molecule has 12 nitrogen and oxygen atoms in total. The molecule has 2 N–H and O–H groups in total. The van der Waals surface area contributed by atoms with Crippen molar-refractivity contribution in [3.63, 3.8) is 0 Å². The van der Waals surface area contributed by atoms with Gasteiger partial charge >= 0.3 is 5.97 Å². The molecule has 2 amide bonds. The molecule has 5 saturated carbocycles. The van der Waals surface area contributed by atoms with E-state index in [-0.39, 0.29) is 84.5 Å². The Hall–Kier alpha value is -2.45. The number of hydrogen-bond donors (Lipinski definition) is 2. The van der Waals surface area contributed by atoms with E-state index < -0.39 is 46.1 Å². The highest BCUT2D eigenvalue weighted by Gasteiger charge is 2.91. The number of anilines is 1. The zero-order chi connectivity index (χ0) is 34.8. The number of likely N-dealkylation sites (N-methyl/N-ethyl adjacent to an activating group) is 1. The van der Waals surface area contributed by atoms with Crippen molar-refractivity contribution < 1.29 is 48.3 Å². The minimum Gasteiger partial charge on any atom is -0.461 e. The van der Waals surface area contributed by atoms with E-state index in [1.807, 2.05) is 0 Å². The Morgan fingerprint density at radius 2 is 1.80 bits per heavy atom. The summed E-state index contributed by atoms with van der Waals surface area (Å²) < 4.78 is 31.4. The van der Waals surface area contributed by atoms with Crippen LogP contribution in [0, 0.1) is 40.4 Å². The number of nitrogens with zero attached hydrogens (tertiary/aromatic N) is 2. The van der Waals surface area contributed by atoms with E-state index in [2.05, 4.69) is 11.8 Å². The number of fused-ring (bicyclic) bond motifs is 2. The van der Waals surface area contributed by atoms with Gasteiger partial charge in [-0.15, -0.1) is 0 Å². The van der Waals surface area contributed by atoms with Gasteiger partial charge in [0.2, 0.25) is 11.8 Å². The van der Waals surface area contributed by atoms with Crippen LogP contribution in [0.3, 0.4) is 0 Å². The van der Waals surface area contributed by atoms with Crippen molar-refractivity contribution in [1.29, 1.82) is 0 Å². The third-order valence-corrected chi connectivity index (χ3v) is 14.5. The van der Waals surface area contributed by atoms with E-state index in [0.717, 1.165) is 11.3 Å². The minimum absolute atomic E-state index is 0.0358. The van der Waals surface area contributed by atoms with E-state index in [1.165, 1.54) is 0 Å². The fourth-order valence-electron chi connectivity index (χ4n) is 13.2. The zero-order valence-corrected chi connectivity index (χ0v) is 29.3. The van der Waals surface area contributed by atoms with Crippen LogP contribution in [0.1, 0.15) is 56.3 Å². The maximum absolute atomic E-state index is 14.1. The first-order valence-corrected chi connectivity index (χ1v) is 17.9. The number of aliphatic hydroxyl groups is 2. The lowest BCUT2D eigenvalue weighted by Gasteiger charge is -2.70. The number of esters is 1. The molecule has 1 spiro atoms. The number of amides is 2. The summed E-state index contributed by atoms with van der Waals surface area (Å²) in [4.78, 5) is 43.3. The zero-order valence-electron chi connectivity index (χ0n) is 29.3. The number of para-hydroxylation sites is 1. The van der Waals surface area contributed by atoms with Gasteiger partial charge < -0.3 is 33.9 Å². The molecular weight excluding hydrogens is 632 g/mol. The molecule has 14 atom stereocenters. The predicted octanol–water partition coefficient (Wildman–Crippen LogP) is 2.04. The first-order valence-electron chi connectivity index (χ1n) is 17.9. The van der Waals surface area contributed by atoms with E-state index in [0.29, 0.717) is 25.9 Å². The van der Waals surface area contributed by atoms with Crippen LogP contribution in [-0.4, -0.2) is 123 Å².